The summed E-state index contributed by atoms with van der Waals surface area (Å²) >= 11 is 0. The van der Waals surface area contributed by atoms with Crippen molar-refractivity contribution in [2.45, 2.75) is 19.8 Å². The lowest BCUT2D eigenvalue weighted by atomic mass is 10.2. The van der Waals surface area contributed by atoms with Gasteiger partial charge in [-0.3, -0.25) is 4.79 Å². The minimum atomic E-state index is -0.282. The highest BCUT2D eigenvalue weighted by Crippen LogP contribution is 2.28. The molecule has 3 N–H and O–H groups in total. The van der Waals surface area contributed by atoms with E-state index in [2.05, 4.69) is 27.3 Å². The number of carbonyl (C=O) groups excluding carboxylic acids is 1. The molecule has 2 aromatic heterocycles. The van der Waals surface area contributed by atoms with Gasteiger partial charge in [0, 0.05) is 6.54 Å². The van der Waals surface area contributed by atoms with Crippen molar-refractivity contribution < 1.29 is 9.53 Å². The van der Waals surface area contributed by atoms with Gasteiger partial charge in [0.15, 0.2) is 5.65 Å². The molecule has 0 saturated carbocycles. The summed E-state index contributed by atoms with van der Waals surface area (Å²) < 4.78 is 6.72. The minimum absolute atomic E-state index is 0.193. The van der Waals surface area contributed by atoms with Crippen LogP contribution in [0.5, 0.6) is 5.75 Å². The Morgan fingerprint density at radius 3 is 2.71 bits per heavy atom. The zero-order chi connectivity index (χ0) is 21.8. The Bertz CT molecular complexity index is 1280. The molecule has 0 aliphatic rings. The summed E-state index contributed by atoms with van der Waals surface area (Å²) in [4.78, 5) is 22.3. The van der Waals surface area contributed by atoms with Crippen LogP contribution in [0.15, 0.2) is 53.6 Å². The third-order valence-corrected chi connectivity index (χ3v) is 4.93. The van der Waals surface area contributed by atoms with E-state index >= 15 is 0 Å². The topological polar surface area (TPSA) is 107 Å². The van der Waals surface area contributed by atoms with E-state index < -0.39 is 0 Å². The molecule has 2 heterocycles. The van der Waals surface area contributed by atoms with Crippen molar-refractivity contribution in [1.82, 2.24) is 20.0 Å². The Labute approximate surface area is 179 Å². The average molecular weight is 416 g/mol. The molecular weight excluding hydrogens is 392 g/mol. The summed E-state index contributed by atoms with van der Waals surface area (Å²) in [6.45, 7) is 2.63. The molecular formula is C23H24N6O2. The van der Waals surface area contributed by atoms with Crippen LogP contribution in [0.25, 0.3) is 22.2 Å². The fourth-order valence-corrected chi connectivity index (χ4v) is 3.30. The molecule has 0 fully saturated rings. The van der Waals surface area contributed by atoms with E-state index in [0.717, 1.165) is 24.2 Å². The van der Waals surface area contributed by atoms with E-state index in [1.165, 1.54) is 4.68 Å². The fourth-order valence-electron chi connectivity index (χ4n) is 3.30. The summed E-state index contributed by atoms with van der Waals surface area (Å²) in [6.07, 6.45) is 3.51. The molecule has 0 bridgehead atoms. The van der Waals surface area contributed by atoms with E-state index in [4.69, 9.17) is 10.5 Å². The van der Waals surface area contributed by atoms with Crippen LogP contribution in [0, 0.1) is 0 Å². The molecule has 4 aromatic rings. The second-order valence-electron chi connectivity index (χ2n) is 7.09. The smallest absolute Gasteiger partial charge is 0.257 e. The number of ether oxygens (including phenoxy) is 1. The highest BCUT2D eigenvalue weighted by atomic mass is 16.5. The molecule has 0 saturated heterocycles. The fraction of sp³-hybridized carbons (Fsp3) is 0.217. The quantitative estimate of drug-likeness (QED) is 0.354. The Morgan fingerprint density at radius 1 is 1.19 bits per heavy atom. The molecule has 0 atom stereocenters. The number of nitrogen functional groups attached to an aromatic ring is 1. The zero-order valence-electron chi connectivity index (χ0n) is 17.5. The van der Waals surface area contributed by atoms with Crippen molar-refractivity contribution >= 4 is 40.1 Å². The van der Waals surface area contributed by atoms with E-state index in [1.54, 1.807) is 13.3 Å². The maximum absolute atomic E-state index is 12.9. The van der Waals surface area contributed by atoms with Crippen molar-refractivity contribution in [3.63, 3.8) is 0 Å². The van der Waals surface area contributed by atoms with Crippen molar-refractivity contribution in [3.8, 4) is 5.75 Å². The number of para-hydroxylation sites is 2. The number of carbonyl (C=O) groups is 1. The first kappa shape index (κ1) is 20.3. The first-order valence-corrected chi connectivity index (χ1v) is 10.2. The van der Waals surface area contributed by atoms with Gasteiger partial charge in [0.25, 0.3) is 5.91 Å². The number of nitrogens with one attached hydrogen (secondary N) is 1. The number of hydrogen-bond donors (Lipinski definition) is 2. The van der Waals surface area contributed by atoms with Crippen LogP contribution in [0.4, 0.5) is 5.82 Å². The molecule has 1 amide bonds. The van der Waals surface area contributed by atoms with Gasteiger partial charge >= 0.3 is 0 Å². The van der Waals surface area contributed by atoms with E-state index in [9.17, 15) is 4.79 Å². The van der Waals surface area contributed by atoms with Crippen LogP contribution in [-0.4, -0.2) is 40.4 Å². The lowest BCUT2D eigenvalue weighted by Gasteiger charge is -2.04. The molecule has 8 heteroatoms. The summed E-state index contributed by atoms with van der Waals surface area (Å²) in [6, 6.07) is 15.0. The molecule has 2 aromatic carbocycles. The molecule has 158 valence electrons. The third kappa shape index (κ3) is 4.05. The van der Waals surface area contributed by atoms with Crippen LogP contribution < -0.4 is 15.8 Å². The lowest BCUT2D eigenvalue weighted by Crippen LogP contribution is -2.25. The average Bonchev–Trinajstić information content (AvgIpc) is 3.06. The Hall–Kier alpha value is -3.94. The lowest BCUT2D eigenvalue weighted by molar-refractivity contribution is 0.0955. The van der Waals surface area contributed by atoms with Gasteiger partial charge in [0.2, 0.25) is 0 Å². The van der Waals surface area contributed by atoms with E-state index in [1.807, 2.05) is 48.5 Å². The van der Waals surface area contributed by atoms with Crippen LogP contribution in [-0.2, 0) is 0 Å². The molecule has 0 aliphatic heterocycles. The summed E-state index contributed by atoms with van der Waals surface area (Å²) in [5.41, 5.74) is 9.73. The van der Waals surface area contributed by atoms with Gasteiger partial charge in [0.1, 0.15) is 22.6 Å². The Kier molecular flexibility index (Phi) is 5.79. The predicted octanol–water partition coefficient (Wildman–Crippen LogP) is 3.59. The van der Waals surface area contributed by atoms with Crippen LogP contribution in [0.2, 0.25) is 0 Å². The van der Waals surface area contributed by atoms with Gasteiger partial charge < -0.3 is 15.8 Å². The first-order valence-electron chi connectivity index (χ1n) is 10.2. The predicted molar refractivity (Wildman–Crippen MR) is 123 cm³/mol. The number of hydrogen-bond acceptors (Lipinski definition) is 6. The number of nitrogens with zero attached hydrogens (tertiary/aromatic N) is 4. The Morgan fingerprint density at radius 2 is 1.97 bits per heavy atom. The molecule has 31 heavy (non-hydrogen) atoms. The number of benzene rings is 2. The summed E-state index contributed by atoms with van der Waals surface area (Å²) in [5.74, 6) is 0.630. The van der Waals surface area contributed by atoms with Gasteiger partial charge in [0.05, 0.1) is 24.4 Å². The first-order chi connectivity index (χ1) is 15.1. The second kappa shape index (κ2) is 8.83. The highest BCUT2D eigenvalue weighted by molar-refractivity contribution is 6.10. The van der Waals surface area contributed by atoms with Crippen LogP contribution in [0.1, 0.15) is 35.7 Å². The maximum atomic E-state index is 12.9. The van der Waals surface area contributed by atoms with E-state index in [0.29, 0.717) is 28.7 Å². The summed E-state index contributed by atoms with van der Waals surface area (Å²) in [5, 5.41) is 7.43. The summed E-state index contributed by atoms with van der Waals surface area (Å²) in [7, 11) is 1.61. The standard InChI is InChI=1S/C23H24N6O2/c1-3-4-12-25-23(30)19-20-22(28-18-11-6-5-10-17(18)27-20)29(21(19)24)26-14-15-8-7-9-16(13-15)31-2/h5-11,13-14H,3-4,12,24H2,1-2H3,(H,25,30)/b26-14+. The van der Waals surface area contributed by atoms with Crippen molar-refractivity contribution in [2.24, 2.45) is 5.10 Å². The SMILES string of the molecule is CCCCNC(=O)c1c(N)n(/N=C/c2cccc(OC)c2)c2nc3ccccc3nc12. The number of anilines is 1. The molecule has 8 nitrogen and oxygen atoms in total. The monoisotopic (exact) mass is 416 g/mol. The van der Waals surface area contributed by atoms with Gasteiger partial charge in [-0.05, 0) is 36.2 Å². The number of rotatable bonds is 7. The normalized spacial score (nSPS) is 11.4. The number of amides is 1. The third-order valence-electron chi connectivity index (χ3n) is 4.93. The van der Waals surface area contributed by atoms with Gasteiger partial charge in [-0.25, -0.2) is 9.97 Å². The molecule has 4 rings (SSSR count). The molecule has 0 radical (unpaired) electrons. The Balaban J connectivity index is 1.85. The van der Waals surface area contributed by atoms with Gasteiger partial charge in [-0.1, -0.05) is 37.6 Å². The van der Waals surface area contributed by atoms with Gasteiger partial charge in [-0.15, -0.1) is 0 Å². The number of nitrogens with two attached hydrogens (primary N) is 1. The van der Waals surface area contributed by atoms with Crippen LogP contribution in [0.3, 0.4) is 0 Å². The second-order valence-corrected chi connectivity index (χ2v) is 7.09. The number of fused-ring (bicyclic) bond motifs is 2. The van der Waals surface area contributed by atoms with Crippen molar-refractivity contribution in [2.75, 3.05) is 19.4 Å². The van der Waals surface area contributed by atoms with E-state index in [-0.39, 0.29) is 17.3 Å². The molecule has 0 unspecified atom stereocenters. The minimum Gasteiger partial charge on any atom is -0.497 e. The number of methoxy groups -OCH3 is 1. The molecule has 0 aliphatic carbocycles. The van der Waals surface area contributed by atoms with Crippen molar-refractivity contribution in [3.05, 3.63) is 59.7 Å². The number of aromatic nitrogens is 3. The van der Waals surface area contributed by atoms with Crippen LogP contribution >= 0.6 is 0 Å². The largest absolute Gasteiger partial charge is 0.497 e. The van der Waals surface area contributed by atoms with Gasteiger partial charge in [-0.2, -0.15) is 9.78 Å². The zero-order valence-corrected chi connectivity index (χ0v) is 17.5. The number of unbranched alkanes of at least 4 members (excludes halogenated alkanes) is 1. The van der Waals surface area contributed by atoms with Crippen molar-refractivity contribution in [1.29, 1.82) is 0 Å². The maximum Gasteiger partial charge on any atom is 0.257 e. The highest BCUT2D eigenvalue weighted by Gasteiger charge is 2.23. The molecule has 0 spiro atoms.